The summed E-state index contributed by atoms with van der Waals surface area (Å²) < 4.78 is 5.01. The van der Waals surface area contributed by atoms with Crippen molar-refractivity contribution in [1.29, 1.82) is 0 Å². The molecule has 0 saturated heterocycles. The van der Waals surface area contributed by atoms with Gasteiger partial charge in [-0.2, -0.15) is 0 Å². The van der Waals surface area contributed by atoms with Gasteiger partial charge in [0.2, 0.25) is 0 Å². The summed E-state index contributed by atoms with van der Waals surface area (Å²) in [6.07, 6.45) is 8.52. The van der Waals surface area contributed by atoms with Gasteiger partial charge in [-0.15, -0.1) is 0 Å². The molecule has 0 aromatic heterocycles. The molecule has 1 rings (SSSR count). The molecule has 0 aromatic carbocycles. The van der Waals surface area contributed by atoms with Crippen LogP contribution in [0.4, 0.5) is 0 Å². The Morgan fingerprint density at radius 3 is 2.44 bits per heavy atom. The van der Waals surface area contributed by atoms with E-state index in [2.05, 4.69) is 17.3 Å². The predicted molar refractivity (Wildman–Crippen MR) is 68.9 cm³/mol. The molecule has 0 aromatic rings. The van der Waals surface area contributed by atoms with Crippen LogP contribution in [0.2, 0.25) is 0 Å². The highest BCUT2D eigenvalue weighted by molar-refractivity contribution is 4.72. The zero-order valence-electron chi connectivity index (χ0n) is 11.0. The fourth-order valence-electron chi connectivity index (χ4n) is 2.44. The van der Waals surface area contributed by atoms with Crippen molar-refractivity contribution in [3.8, 4) is 0 Å². The zero-order chi connectivity index (χ0) is 11.6. The fraction of sp³-hybridized carbons (Fsp3) is 1.00. The van der Waals surface area contributed by atoms with Gasteiger partial charge in [-0.05, 0) is 19.9 Å². The van der Waals surface area contributed by atoms with Crippen LogP contribution in [0.15, 0.2) is 0 Å². The lowest BCUT2D eigenvalue weighted by molar-refractivity contribution is 0.192. The minimum atomic E-state index is 0.813. The monoisotopic (exact) mass is 228 g/mol. The summed E-state index contributed by atoms with van der Waals surface area (Å²) >= 11 is 0. The molecule has 0 atom stereocenters. The first kappa shape index (κ1) is 13.9. The molecule has 0 unspecified atom stereocenters. The summed E-state index contributed by atoms with van der Waals surface area (Å²) in [6.45, 7) is 4.02. The van der Waals surface area contributed by atoms with Crippen LogP contribution in [0.5, 0.6) is 0 Å². The molecule has 1 N–H and O–H groups in total. The number of methoxy groups -OCH3 is 1. The Hall–Kier alpha value is -0.120. The molecule has 3 nitrogen and oxygen atoms in total. The van der Waals surface area contributed by atoms with Crippen molar-refractivity contribution in [2.45, 2.75) is 44.6 Å². The van der Waals surface area contributed by atoms with Crippen LogP contribution in [0, 0.1) is 0 Å². The van der Waals surface area contributed by atoms with Gasteiger partial charge in [0.05, 0.1) is 6.61 Å². The van der Waals surface area contributed by atoms with Crippen LogP contribution in [0.1, 0.15) is 38.5 Å². The van der Waals surface area contributed by atoms with Gasteiger partial charge in [0.25, 0.3) is 0 Å². The highest BCUT2D eigenvalue weighted by Crippen LogP contribution is 2.20. The first-order valence-corrected chi connectivity index (χ1v) is 6.74. The molecular formula is C13H28N2O. The van der Waals surface area contributed by atoms with Crippen LogP contribution < -0.4 is 5.32 Å². The molecule has 3 heteroatoms. The van der Waals surface area contributed by atoms with Crippen molar-refractivity contribution in [2.75, 3.05) is 40.4 Å². The average molecular weight is 228 g/mol. The smallest absolute Gasteiger partial charge is 0.0587 e. The molecule has 0 radical (unpaired) electrons. The van der Waals surface area contributed by atoms with E-state index in [0.29, 0.717) is 0 Å². The van der Waals surface area contributed by atoms with Gasteiger partial charge in [-0.1, -0.05) is 25.7 Å². The summed E-state index contributed by atoms with van der Waals surface area (Å²) in [4.78, 5) is 2.53. The number of nitrogens with zero attached hydrogens (tertiary/aromatic N) is 1. The fourth-order valence-corrected chi connectivity index (χ4v) is 2.44. The zero-order valence-corrected chi connectivity index (χ0v) is 11.0. The second-order valence-corrected chi connectivity index (χ2v) is 4.87. The van der Waals surface area contributed by atoms with E-state index in [9.17, 15) is 0 Å². The van der Waals surface area contributed by atoms with Crippen LogP contribution in [0.25, 0.3) is 0 Å². The maximum absolute atomic E-state index is 5.01. The van der Waals surface area contributed by atoms with Gasteiger partial charge in [0.15, 0.2) is 0 Å². The van der Waals surface area contributed by atoms with Gasteiger partial charge >= 0.3 is 0 Å². The third kappa shape index (κ3) is 5.83. The highest BCUT2D eigenvalue weighted by Gasteiger charge is 2.15. The second kappa shape index (κ2) is 8.97. The predicted octanol–water partition coefficient (Wildman–Crippen LogP) is 1.88. The molecule has 1 saturated carbocycles. The molecule has 16 heavy (non-hydrogen) atoms. The Bertz CT molecular complexity index is 156. The van der Waals surface area contributed by atoms with E-state index >= 15 is 0 Å². The molecule has 96 valence electrons. The van der Waals surface area contributed by atoms with E-state index < -0.39 is 0 Å². The minimum Gasteiger partial charge on any atom is -0.383 e. The lowest BCUT2D eigenvalue weighted by Gasteiger charge is -2.27. The molecule has 1 aliphatic rings. The largest absolute Gasteiger partial charge is 0.383 e. The molecule has 0 bridgehead atoms. The molecule has 1 aliphatic carbocycles. The Balaban J connectivity index is 2.05. The summed E-state index contributed by atoms with van der Waals surface area (Å²) in [5, 5.41) is 3.41. The molecule has 0 heterocycles. The number of nitrogens with one attached hydrogen (secondary N) is 1. The lowest BCUT2D eigenvalue weighted by atomic mass is 10.1. The lowest BCUT2D eigenvalue weighted by Crippen LogP contribution is -2.37. The Labute approximate surface area is 101 Å². The van der Waals surface area contributed by atoms with Crippen molar-refractivity contribution in [3.63, 3.8) is 0 Å². The van der Waals surface area contributed by atoms with Crippen molar-refractivity contribution in [2.24, 2.45) is 0 Å². The summed E-state index contributed by atoms with van der Waals surface area (Å²) in [5.41, 5.74) is 0. The highest BCUT2D eigenvalue weighted by atomic mass is 16.5. The van der Waals surface area contributed by atoms with E-state index in [4.69, 9.17) is 4.74 Å². The van der Waals surface area contributed by atoms with E-state index in [1.54, 1.807) is 7.11 Å². The number of hydrogen-bond donors (Lipinski definition) is 1. The van der Waals surface area contributed by atoms with Gasteiger partial charge in [-0.25, -0.2) is 0 Å². The minimum absolute atomic E-state index is 0.813. The van der Waals surface area contributed by atoms with Gasteiger partial charge in [0.1, 0.15) is 0 Å². The number of rotatable bonds is 7. The van der Waals surface area contributed by atoms with Crippen molar-refractivity contribution >= 4 is 0 Å². The van der Waals surface area contributed by atoms with Crippen molar-refractivity contribution in [3.05, 3.63) is 0 Å². The summed E-state index contributed by atoms with van der Waals surface area (Å²) in [5.74, 6) is 0. The first-order valence-electron chi connectivity index (χ1n) is 6.74. The van der Waals surface area contributed by atoms with Gasteiger partial charge in [0, 0.05) is 32.8 Å². The molecule has 0 spiro atoms. The van der Waals surface area contributed by atoms with E-state index in [-0.39, 0.29) is 0 Å². The van der Waals surface area contributed by atoms with Crippen LogP contribution in [-0.4, -0.2) is 51.3 Å². The van der Waals surface area contributed by atoms with Gasteiger partial charge < -0.3 is 15.0 Å². The second-order valence-electron chi connectivity index (χ2n) is 4.87. The molecular weight excluding hydrogens is 200 g/mol. The van der Waals surface area contributed by atoms with Crippen molar-refractivity contribution < 1.29 is 4.74 Å². The SMILES string of the molecule is COCCNCCN(C)C1CCCCCC1. The van der Waals surface area contributed by atoms with Crippen LogP contribution in [0.3, 0.4) is 0 Å². The first-order chi connectivity index (χ1) is 7.84. The third-order valence-electron chi connectivity index (χ3n) is 3.57. The van der Waals surface area contributed by atoms with Crippen LogP contribution in [-0.2, 0) is 4.74 Å². The average Bonchev–Trinajstić information content (AvgIpc) is 2.57. The number of likely N-dealkylation sites (N-methyl/N-ethyl adjacent to an activating group) is 1. The maximum Gasteiger partial charge on any atom is 0.0587 e. The maximum atomic E-state index is 5.01. The molecule has 0 aliphatic heterocycles. The number of ether oxygens (including phenoxy) is 1. The molecule has 1 fully saturated rings. The van der Waals surface area contributed by atoms with E-state index in [1.165, 1.54) is 38.5 Å². The Morgan fingerprint density at radius 1 is 1.12 bits per heavy atom. The van der Waals surface area contributed by atoms with Crippen molar-refractivity contribution in [1.82, 2.24) is 10.2 Å². The van der Waals surface area contributed by atoms with Crippen LogP contribution >= 0.6 is 0 Å². The van der Waals surface area contributed by atoms with Gasteiger partial charge in [-0.3, -0.25) is 0 Å². The Morgan fingerprint density at radius 2 is 1.81 bits per heavy atom. The topological polar surface area (TPSA) is 24.5 Å². The summed E-state index contributed by atoms with van der Waals surface area (Å²) in [6, 6.07) is 0.826. The summed E-state index contributed by atoms with van der Waals surface area (Å²) in [7, 11) is 4.02. The Kier molecular flexibility index (Phi) is 7.81. The molecule has 0 amide bonds. The van der Waals surface area contributed by atoms with E-state index in [1.807, 2.05) is 0 Å². The standard InChI is InChI=1S/C13H28N2O/c1-15(11-9-14-10-12-16-2)13-7-5-3-4-6-8-13/h13-14H,3-12H2,1-2H3. The third-order valence-corrected chi connectivity index (χ3v) is 3.57. The quantitative estimate of drug-likeness (QED) is 0.532. The number of hydrogen-bond acceptors (Lipinski definition) is 3. The van der Waals surface area contributed by atoms with E-state index in [0.717, 1.165) is 32.3 Å². The normalized spacial score (nSPS) is 18.9.